The van der Waals surface area contributed by atoms with Crippen molar-refractivity contribution in [3.8, 4) is 0 Å². The molecule has 2 aliphatic rings. The molecule has 4 unspecified atom stereocenters. The Balaban J connectivity index is 1.80. The average molecular weight is 427 g/mol. The van der Waals surface area contributed by atoms with Crippen LogP contribution in [0.2, 0.25) is 5.02 Å². The molecule has 156 valence electrons. The van der Waals surface area contributed by atoms with Crippen molar-refractivity contribution in [2.45, 2.75) is 32.0 Å². The number of nitrogens with one attached hydrogen (secondary N) is 1. The fraction of sp³-hybridized carbons (Fsp3) is 0.348. The highest BCUT2D eigenvalue weighted by atomic mass is 35.5. The molecule has 2 saturated heterocycles. The van der Waals surface area contributed by atoms with Crippen molar-refractivity contribution in [1.82, 2.24) is 10.2 Å². The highest BCUT2D eigenvalue weighted by Crippen LogP contribution is 2.51. The Hall–Kier alpha value is -2.70. The molecule has 30 heavy (non-hydrogen) atoms. The van der Waals surface area contributed by atoms with E-state index in [0.29, 0.717) is 5.02 Å². The lowest BCUT2D eigenvalue weighted by Crippen LogP contribution is -2.59. The quantitative estimate of drug-likeness (QED) is 0.716. The van der Waals surface area contributed by atoms with Crippen LogP contribution in [0.5, 0.6) is 0 Å². The van der Waals surface area contributed by atoms with Crippen molar-refractivity contribution in [3.05, 3.63) is 70.7 Å². The molecule has 0 aliphatic carbocycles. The number of imide groups is 1. The molecular formula is C23H23ClN2O4. The number of benzene rings is 2. The molecule has 2 aliphatic heterocycles. The fourth-order valence-corrected chi connectivity index (χ4v) is 4.98. The van der Waals surface area contributed by atoms with E-state index in [1.807, 2.05) is 30.3 Å². The predicted octanol–water partition coefficient (Wildman–Crippen LogP) is 3.27. The Labute approximate surface area is 179 Å². The van der Waals surface area contributed by atoms with Crippen LogP contribution < -0.4 is 5.32 Å². The highest BCUT2D eigenvalue weighted by molar-refractivity contribution is 6.30. The van der Waals surface area contributed by atoms with Crippen LogP contribution in [-0.4, -0.2) is 33.3 Å². The van der Waals surface area contributed by atoms with E-state index < -0.39 is 41.2 Å². The molecular weight excluding hydrogens is 404 g/mol. The first-order valence-electron chi connectivity index (χ1n) is 9.93. The second-order valence-electron chi connectivity index (χ2n) is 8.25. The maximum atomic E-state index is 13.4. The summed E-state index contributed by atoms with van der Waals surface area (Å²) in [6.07, 6.45) is 0. The minimum Gasteiger partial charge on any atom is -0.480 e. The Kier molecular flexibility index (Phi) is 5.16. The number of carboxylic acids is 1. The summed E-state index contributed by atoms with van der Waals surface area (Å²) in [5, 5.41) is 13.9. The van der Waals surface area contributed by atoms with Gasteiger partial charge in [-0.25, -0.2) is 0 Å². The van der Waals surface area contributed by atoms with Crippen molar-refractivity contribution < 1.29 is 19.5 Å². The zero-order valence-corrected chi connectivity index (χ0v) is 17.5. The number of halogens is 1. The normalized spacial score (nSPS) is 28.3. The van der Waals surface area contributed by atoms with Crippen LogP contribution in [0.3, 0.4) is 0 Å². The van der Waals surface area contributed by atoms with Gasteiger partial charge in [-0.2, -0.15) is 0 Å². The largest absolute Gasteiger partial charge is 0.480 e. The maximum Gasteiger partial charge on any atom is 0.325 e. The number of nitrogens with zero attached hydrogens (tertiary/aromatic N) is 1. The van der Waals surface area contributed by atoms with Gasteiger partial charge in [0.2, 0.25) is 11.8 Å². The average Bonchev–Trinajstić information content (AvgIpc) is 3.20. The van der Waals surface area contributed by atoms with Gasteiger partial charge in [-0.05, 0) is 29.2 Å². The van der Waals surface area contributed by atoms with E-state index >= 15 is 0 Å². The van der Waals surface area contributed by atoms with Crippen LogP contribution in [-0.2, 0) is 20.9 Å². The van der Waals surface area contributed by atoms with Crippen molar-refractivity contribution in [2.24, 2.45) is 17.8 Å². The van der Waals surface area contributed by atoms with Gasteiger partial charge in [-0.15, -0.1) is 0 Å². The van der Waals surface area contributed by atoms with Crippen LogP contribution in [0.1, 0.15) is 31.0 Å². The van der Waals surface area contributed by atoms with Crippen LogP contribution >= 0.6 is 11.6 Å². The molecule has 2 N–H and O–H groups in total. The molecule has 2 aromatic carbocycles. The van der Waals surface area contributed by atoms with Gasteiger partial charge in [0.15, 0.2) is 0 Å². The van der Waals surface area contributed by atoms with E-state index in [4.69, 9.17) is 11.6 Å². The van der Waals surface area contributed by atoms with E-state index in [-0.39, 0.29) is 12.5 Å². The van der Waals surface area contributed by atoms with Crippen molar-refractivity contribution in [1.29, 1.82) is 0 Å². The molecule has 7 heteroatoms. The second kappa shape index (κ2) is 7.52. The molecule has 2 heterocycles. The summed E-state index contributed by atoms with van der Waals surface area (Å²) in [5.41, 5.74) is 0.0224. The van der Waals surface area contributed by atoms with Gasteiger partial charge in [0, 0.05) is 11.1 Å². The summed E-state index contributed by atoms with van der Waals surface area (Å²) in [5.74, 6) is -4.08. The zero-order valence-electron chi connectivity index (χ0n) is 16.7. The molecule has 2 aromatic rings. The summed E-state index contributed by atoms with van der Waals surface area (Å²) >= 11 is 6.01. The molecule has 0 radical (unpaired) electrons. The summed E-state index contributed by atoms with van der Waals surface area (Å²) in [4.78, 5) is 40.6. The Morgan fingerprint density at radius 3 is 2.30 bits per heavy atom. The SMILES string of the molecule is CC(C)C1(C(=O)O)NC(c2ccc(Cl)cc2)C2C(=O)N(Cc3ccccc3)C(=O)C21. The number of carbonyl (C=O) groups is 3. The first-order valence-corrected chi connectivity index (χ1v) is 10.3. The number of carboxylic acid groups (broad SMARTS) is 1. The summed E-state index contributed by atoms with van der Waals surface area (Å²) in [6, 6.07) is 15.6. The van der Waals surface area contributed by atoms with Crippen molar-refractivity contribution >= 4 is 29.4 Å². The minimum absolute atomic E-state index is 0.132. The molecule has 4 rings (SSSR count). The van der Waals surface area contributed by atoms with Crippen LogP contribution in [0.25, 0.3) is 0 Å². The van der Waals surface area contributed by atoms with Gasteiger partial charge in [0.05, 0.1) is 18.4 Å². The summed E-state index contributed by atoms with van der Waals surface area (Å²) in [7, 11) is 0. The lowest BCUT2D eigenvalue weighted by Gasteiger charge is -2.34. The second-order valence-corrected chi connectivity index (χ2v) is 8.69. The lowest BCUT2D eigenvalue weighted by atomic mass is 9.73. The van der Waals surface area contributed by atoms with Gasteiger partial charge >= 0.3 is 5.97 Å². The lowest BCUT2D eigenvalue weighted by molar-refractivity contribution is -0.153. The minimum atomic E-state index is -1.53. The zero-order chi connectivity index (χ0) is 21.6. The number of likely N-dealkylation sites (tertiary alicyclic amines) is 1. The highest BCUT2D eigenvalue weighted by Gasteiger charge is 2.69. The Bertz CT molecular complexity index is 992. The molecule has 0 saturated carbocycles. The van der Waals surface area contributed by atoms with Crippen LogP contribution in [0, 0.1) is 17.8 Å². The summed E-state index contributed by atoms with van der Waals surface area (Å²) in [6.45, 7) is 3.66. The maximum absolute atomic E-state index is 13.4. The molecule has 4 atom stereocenters. The van der Waals surface area contributed by atoms with E-state index in [0.717, 1.165) is 11.1 Å². The van der Waals surface area contributed by atoms with Gasteiger partial charge in [-0.3, -0.25) is 24.6 Å². The van der Waals surface area contributed by atoms with E-state index in [1.165, 1.54) is 4.90 Å². The third-order valence-electron chi connectivity index (χ3n) is 6.36. The number of aliphatic carboxylic acids is 1. The number of carbonyl (C=O) groups excluding carboxylic acids is 2. The smallest absolute Gasteiger partial charge is 0.325 e. The topological polar surface area (TPSA) is 86.7 Å². The molecule has 0 bridgehead atoms. The third kappa shape index (κ3) is 3.02. The van der Waals surface area contributed by atoms with Crippen LogP contribution in [0.4, 0.5) is 0 Å². The molecule has 0 spiro atoms. The van der Waals surface area contributed by atoms with Gasteiger partial charge < -0.3 is 5.11 Å². The Morgan fingerprint density at radius 1 is 1.10 bits per heavy atom. The number of fused-ring (bicyclic) bond motifs is 1. The van der Waals surface area contributed by atoms with Crippen molar-refractivity contribution in [3.63, 3.8) is 0 Å². The molecule has 2 amide bonds. The summed E-state index contributed by atoms with van der Waals surface area (Å²) < 4.78 is 0. The predicted molar refractivity (Wildman–Crippen MR) is 112 cm³/mol. The number of hydrogen-bond donors (Lipinski definition) is 2. The van der Waals surface area contributed by atoms with Gasteiger partial charge in [0.25, 0.3) is 0 Å². The fourth-order valence-electron chi connectivity index (χ4n) is 4.85. The Morgan fingerprint density at radius 2 is 1.73 bits per heavy atom. The van der Waals surface area contributed by atoms with Crippen LogP contribution in [0.15, 0.2) is 54.6 Å². The van der Waals surface area contributed by atoms with Crippen molar-refractivity contribution in [2.75, 3.05) is 0 Å². The monoisotopic (exact) mass is 426 g/mol. The number of rotatable bonds is 5. The van der Waals surface area contributed by atoms with E-state index in [2.05, 4.69) is 5.32 Å². The van der Waals surface area contributed by atoms with E-state index in [1.54, 1.807) is 38.1 Å². The molecule has 2 fully saturated rings. The first-order chi connectivity index (χ1) is 14.3. The third-order valence-corrected chi connectivity index (χ3v) is 6.62. The van der Waals surface area contributed by atoms with Gasteiger partial charge in [-0.1, -0.05) is 67.9 Å². The standard InChI is InChI=1S/C23H23ClN2O4/c1-13(2)23(22(29)30)18-17(19(25-23)15-8-10-16(24)11-9-15)20(27)26(21(18)28)12-14-6-4-3-5-7-14/h3-11,13,17-19,25H,12H2,1-2H3,(H,29,30). The molecule has 0 aromatic heterocycles. The number of hydrogen-bond acceptors (Lipinski definition) is 4. The van der Waals surface area contributed by atoms with Gasteiger partial charge in [0.1, 0.15) is 5.54 Å². The molecule has 6 nitrogen and oxygen atoms in total. The van der Waals surface area contributed by atoms with E-state index in [9.17, 15) is 19.5 Å². The number of amides is 2. The first kappa shape index (κ1) is 20.6.